The Bertz CT molecular complexity index is 627. The van der Waals surface area contributed by atoms with Gasteiger partial charge in [-0.25, -0.2) is 4.99 Å². The third-order valence-corrected chi connectivity index (χ3v) is 4.29. The van der Waals surface area contributed by atoms with Gasteiger partial charge in [0.05, 0.1) is 10.7 Å². The number of hydrogen-bond acceptors (Lipinski definition) is 3. The second-order valence-electron chi connectivity index (χ2n) is 5.57. The number of thioether (sulfide) groups is 1. The Balaban J connectivity index is 1.62. The van der Waals surface area contributed by atoms with Crippen LogP contribution in [0.25, 0.3) is 0 Å². The van der Waals surface area contributed by atoms with Crippen LogP contribution in [0.3, 0.4) is 0 Å². The summed E-state index contributed by atoms with van der Waals surface area (Å²) in [5.41, 5.74) is 2.41. The van der Waals surface area contributed by atoms with Crippen LogP contribution in [0.15, 0.2) is 50.9 Å². The predicted octanol–water partition coefficient (Wildman–Crippen LogP) is 5.25. The van der Waals surface area contributed by atoms with E-state index in [1.807, 2.05) is 6.07 Å². The van der Waals surface area contributed by atoms with Gasteiger partial charge in [-0.3, -0.25) is 0 Å². The van der Waals surface area contributed by atoms with Crippen LogP contribution in [0, 0.1) is 5.92 Å². The van der Waals surface area contributed by atoms with Crippen molar-refractivity contribution in [3.8, 4) is 0 Å². The van der Waals surface area contributed by atoms with Crippen molar-refractivity contribution in [2.24, 2.45) is 10.9 Å². The molecule has 2 aromatic rings. The van der Waals surface area contributed by atoms with Crippen LogP contribution in [0.2, 0.25) is 0 Å². The van der Waals surface area contributed by atoms with E-state index in [0.29, 0.717) is 5.92 Å². The summed E-state index contributed by atoms with van der Waals surface area (Å²) in [5, 5.41) is 2.08. The van der Waals surface area contributed by atoms with Crippen molar-refractivity contribution in [2.45, 2.75) is 38.2 Å². The molecule has 1 aromatic heterocycles. The molecule has 0 unspecified atom stereocenters. The summed E-state index contributed by atoms with van der Waals surface area (Å²) < 4.78 is 5.88. The number of furan rings is 1. The van der Waals surface area contributed by atoms with Crippen molar-refractivity contribution in [1.29, 1.82) is 0 Å². The van der Waals surface area contributed by atoms with Gasteiger partial charge in [-0.2, -0.15) is 0 Å². The highest BCUT2D eigenvalue weighted by Crippen LogP contribution is 2.33. The minimum Gasteiger partial charge on any atom is -0.454 e. The summed E-state index contributed by atoms with van der Waals surface area (Å²) in [4.78, 5) is 4.65. The van der Waals surface area contributed by atoms with Crippen molar-refractivity contribution in [3.05, 3.63) is 47.7 Å². The minimum atomic E-state index is 0.713. The summed E-state index contributed by atoms with van der Waals surface area (Å²) in [6.45, 7) is 4.48. The molecule has 1 aliphatic heterocycles. The maximum Gasteiger partial charge on any atom is 0.166 e. The highest BCUT2D eigenvalue weighted by Gasteiger charge is 2.16. The quantitative estimate of drug-likeness (QED) is 0.767. The number of aryl methyl sites for hydroxylation is 1. The topological polar surface area (TPSA) is 25.5 Å². The lowest BCUT2D eigenvalue weighted by Crippen LogP contribution is -1.91. The molecule has 0 N–H and O–H groups in total. The first kappa shape index (κ1) is 13.5. The van der Waals surface area contributed by atoms with Gasteiger partial charge < -0.3 is 4.42 Å². The zero-order valence-corrected chi connectivity index (χ0v) is 12.7. The Labute approximate surface area is 124 Å². The Morgan fingerprint density at radius 3 is 2.85 bits per heavy atom. The van der Waals surface area contributed by atoms with Gasteiger partial charge in [-0.15, -0.1) is 0 Å². The minimum absolute atomic E-state index is 0.713. The lowest BCUT2D eigenvalue weighted by atomic mass is 10.1. The first-order chi connectivity index (χ1) is 9.70. The molecule has 0 radical (unpaired) electrons. The van der Waals surface area contributed by atoms with Gasteiger partial charge in [0.2, 0.25) is 0 Å². The molecule has 3 heteroatoms. The SMILES string of the molecule is CC(C)CCc1ccc(SC2=Nc3ccccc3C2)o1. The molecule has 104 valence electrons. The van der Waals surface area contributed by atoms with Gasteiger partial charge in [-0.1, -0.05) is 32.0 Å². The van der Waals surface area contributed by atoms with E-state index in [1.54, 1.807) is 11.8 Å². The van der Waals surface area contributed by atoms with Gasteiger partial charge in [0, 0.05) is 12.8 Å². The highest BCUT2D eigenvalue weighted by atomic mass is 32.2. The van der Waals surface area contributed by atoms with Crippen molar-refractivity contribution in [1.82, 2.24) is 0 Å². The van der Waals surface area contributed by atoms with E-state index in [0.717, 1.165) is 34.4 Å². The molecule has 0 aliphatic carbocycles. The van der Waals surface area contributed by atoms with E-state index in [2.05, 4.69) is 49.2 Å². The zero-order valence-electron chi connectivity index (χ0n) is 11.9. The van der Waals surface area contributed by atoms with Gasteiger partial charge in [0.1, 0.15) is 5.76 Å². The molecule has 2 heterocycles. The maximum absolute atomic E-state index is 5.88. The van der Waals surface area contributed by atoms with E-state index in [9.17, 15) is 0 Å². The molecule has 1 aliphatic rings. The second-order valence-corrected chi connectivity index (χ2v) is 6.64. The van der Waals surface area contributed by atoms with Crippen LogP contribution < -0.4 is 0 Å². The number of hydrogen-bond donors (Lipinski definition) is 0. The van der Waals surface area contributed by atoms with Crippen LogP contribution in [0.5, 0.6) is 0 Å². The van der Waals surface area contributed by atoms with Crippen molar-refractivity contribution < 1.29 is 4.42 Å². The number of benzene rings is 1. The Kier molecular flexibility index (Phi) is 3.97. The van der Waals surface area contributed by atoms with E-state index < -0.39 is 0 Å². The van der Waals surface area contributed by atoms with E-state index >= 15 is 0 Å². The van der Waals surface area contributed by atoms with Crippen LogP contribution in [-0.4, -0.2) is 5.04 Å². The molecular formula is C17H19NOS. The van der Waals surface area contributed by atoms with Crippen molar-refractivity contribution >= 4 is 22.5 Å². The summed E-state index contributed by atoms with van der Waals surface area (Å²) in [5.74, 6) is 1.79. The molecule has 0 spiro atoms. The van der Waals surface area contributed by atoms with Crippen LogP contribution >= 0.6 is 11.8 Å². The van der Waals surface area contributed by atoms with E-state index in [1.165, 1.54) is 12.0 Å². The average molecular weight is 285 g/mol. The van der Waals surface area contributed by atoms with Crippen LogP contribution in [0.4, 0.5) is 5.69 Å². The monoisotopic (exact) mass is 285 g/mol. The van der Waals surface area contributed by atoms with Gasteiger partial charge >= 0.3 is 0 Å². The van der Waals surface area contributed by atoms with E-state index in [-0.39, 0.29) is 0 Å². The molecule has 0 bridgehead atoms. The number of aliphatic imine (C=N–C) groups is 1. The van der Waals surface area contributed by atoms with Gasteiger partial charge in [0.15, 0.2) is 5.09 Å². The van der Waals surface area contributed by atoms with Crippen LogP contribution in [-0.2, 0) is 12.8 Å². The predicted molar refractivity (Wildman–Crippen MR) is 85.0 cm³/mol. The molecule has 0 atom stereocenters. The smallest absolute Gasteiger partial charge is 0.166 e. The van der Waals surface area contributed by atoms with Gasteiger partial charge in [-0.05, 0) is 47.9 Å². The third kappa shape index (κ3) is 3.15. The standard InChI is InChI=1S/C17H19NOS/c1-12(2)7-8-14-9-10-17(19-14)20-16-11-13-5-3-4-6-15(13)18-16/h3-6,9-10,12H,7-8,11H2,1-2H3. The largest absolute Gasteiger partial charge is 0.454 e. The lowest BCUT2D eigenvalue weighted by Gasteiger charge is -2.01. The van der Waals surface area contributed by atoms with Gasteiger partial charge in [0.25, 0.3) is 0 Å². The van der Waals surface area contributed by atoms with E-state index in [4.69, 9.17) is 4.42 Å². The Morgan fingerprint density at radius 1 is 1.20 bits per heavy atom. The molecule has 3 rings (SSSR count). The highest BCUT2D eigenvalue weighted by molar-refractivity contribution is 8.13. The molecule has 1 aromatic carbocycles. The molecule has 20 heavy (non-hydrogen) atoms. The summed E-state index contributed by atoms with van der Waals surface area (Å²) in [6, 6.07) is 12.5. The summed E-state index contributed by atoms with van der Waals surface area (Å²) in [6.07, 6.45) is 3.11. The summed E-state index contributed by atoms with van der Waals surface area (Å²) in [7, 11) is 0. The fourth-order valence-corrected chi connectivity index (χ4v) is 3.15. The molecule has 0 amide bonds. The fraction of sp³-hybridized carbons (Fsp3) is 0.353. The average Bonchev–Trinajstić information content (AvgIpc) is 3.02. The zero-order chi connectivity index (χ0) is 13.9. The maximum atomic E-state index is 5.88. The second kappa shape index (κ2) is 5.88. The number of nitrogens with zero attached hydrogens (tertiary/aromatic N) is 1. The molecule has 2 nitrogen and oxygen atoms in total. The first-order valence-electron chi connectivity index (χ1n) is 7.13. The van der Waals surface area contributed by atoms with Crippen molar-refractivity contribution in [2.75, 3.05) is 0 Å². The fourth-order valence-electron chi connectivity index (χ4n) is 2.26. The molecule has 0 saturated carbocycles. The lowest BCUT2D eigenvalue weighted by molar-refractivity contribution is 0.416. The van der Waals surface area contributed by atoms with Crippen LogP contribution in [0.1, 0.15) is 31.6 Å². The number of para-hydroxylation sites is 1. The Morgan fingerprint density at radius 2 is 2.05 bits per heavy atom. The third-order valence-electron chi connectivity index (χ3n) is 3.40. The van der Waals surface area contributed by atoms with Crippen molar-refractivity contribution in [3.63, 3.8) is 0 Å². The number of fused-ring (bicyclic) bond motifs is 1. The first-order valence-corrected chi connectivity index (χ1v) is 7.94. The molecule has 0 saturated heterocycles. The normalized spacial score (nSPS) is 13.7. The summed E-state index contributed by atoms with van der Waals surface area (Å²) >= 11 is 1.65. The molecular weight excluding hydrogens is 266 g/mol. The molecule has 0 fully saturated rings. The number of rotatable bonds is 4. The Hall–Kier alpha value is -1.48.